The molecule has 3 aromatic rings. The fourth-order valence-electron chi connectivity index (χ4n) is 2.62. The second-order valence-corrected chi connectivity index (χ2v) is 5.99. The maximum Gasteiger partial charge on any atom is 0.248 e. The Morgan fingerprint density at radius 1 is 1.07 bits per heavy atom. The third kappa shape index (κ3) is 3.59. The molecule has 0 radical (unpaired) electrons. The quantitative estimate of drug-likeness (QED) is 0.638. The Morgan fingerprint density at radius 2 is 1.89 bits per heavy atom. The summed E-state index contributed by atoms with van der Waals surface area (Å²) < 4.78 is 10.7. The van der Waals surface area contributed by atoms with Gasteiger partial charge in [-0.3, -0.25) is 4.79 Å². The van der Waals surface area contributed by atoms with E-state index < -0.39 is 5.91 Å². The molecule has 4 rings (SSSR count). The summed E-state index contributed by atoms with van der Waals surface area (Å²) in [6.45, 7) is 2.11. The average Bonchev–Trinajstić information content (AvgIpc) is 3.12. The van der Waals surface area contributed by atoms with E-state index in [1.165, 1.54) is 0 Å². The van der Waals surface area contributed by atoms with Crippen molar-refractivity contribution in [3.05, 3.63) is 59.8 Å². The van der Waals surface area contributed by atoms with Crippen molar-refractivity contribution in [3.63, 3.8) is 0 Å². The lowest BCUT2D eigenvalue weighted by Crippen LogP contribution is -2.11. The predicted molar refractivity (Wildman–Crippen MR) is 101 cm³/mol. The number of nitrogens with one attached hydrogen (secondary N) is 2. The van der Waals surface area contributed by atoms with Crippen molar-refractivity contribution < 1.29 is 14.3 Å². The first-order valence-electron chi connectivity index (χ1n) is 8.26. The van der Waals surface area contributed by atoms with Crippen molar-refractivity contribution in [2.45, 2.75) is 6.92 Å². The van der Waals surface area contributed by atoms with Crippen LogP contribution in [0.15, 0.2) is 48.7 Å². The van der Waals surface area contributed by atoms with Gasteiger partial charge in [-0.15, -0.1) is 0 Å². The summed E-state index contributed by atoms with van der Waals surface area (Å²) in [6.07, 6.45) is 1.71. The highest BCUT2D eigenvalue weighted by atomic mass is 16.7. The summed E-state index contributed by atoms with van der Waals surface area (Å²) in [4.78, 5) is 20.2. The minimum atomic E-state index is -0.483. The van der Waals surface area contributed by atoms with Gasteiger partial charge in [-0.25, -0.2) is 4.98 Å². The van der Waals surface area contributed by atoms with Crippen LogP contribution in [0.25, 0.3) is 0 Å². The van der Waals surface area contributed by atoms with Crippen molar-refractivity contribution in [1.82, 2.24) is 9.97 Å². The molecule has 0 atom stereocenters. The van der Waals surface area contributed by atoms with Crippen LogP contribution in [0.3, 0.4) is 0 Å². The molecule has 8 nitrogen and oxygen atoms in total. The SMILES string of the molecule is Cc1cnc(Nc2ccc3c(c2)OCO3)nc1Nc1cccc(C(N)=O)c1. The number of benzene rings is 2. The molecular formula is C19H17N5O3. The maximum atomic E-state index is 11.4. The Morgan fingerprint density at radius 3 is 2.74 bits per heavy atom. The summed E-state index contributed by atoms with van der Waals surface area (Å²) in [5, 5.41) is 6.34. The lowest BCUT2D eigenvalue weighted by Gasteiger charge is -2.12. The molecular weight excluding hydrogens is 346 g/mol. The summed E-state index contributed by atoms with van der Waals surface area (Å²) in [5.41, 5.74) is 8.10. The van der Waals surface area contributed by atoms with E-state index in [0.29, 0.717) is 34.5 Å². The highest BCUT2D eigenvalue weighted by Gasteiger charge is 2.14. The Kier molecular flexibility index (Phi) is 4.21. The monoisotopic (exact) mass is 363 g/mol. The summed E-state index contributed by atoms with van der Waals surface area (Å²) in [6, 6.07) is 12.4. The van der Waals surface area contributed by atoms with Gasteiger partial charge in [-0.1, -0.05) is 6.07 Å². The first-order valence-corrected chi connectivity index (χ1v) is 8.26. The normalized spacial score (nSPS) is 11.9. The topological polar surface area (TPSA) is 111 Å². The van der Waals surface area contributed by atoms with E-state index in [9.17, 15) is 4.79 Å². The largest absolute Gasteiger partial charge is 0.454 e. The Hall–Kier alpha value is -3.81. The van der Waals surface area contributed by atoms with Crippen LogP contribution >= 0.6 is 0 Å². The van der Waals surface area contributed by atoms with Crippen molar-refractivity contribution in [3.8, 4) is 11.5 Å². The van der Waals surface area contributed by atoms with E-state index in [1.54, 1.807) is 24.4 Å². The molecule has 1 aliphatic heterocycles. The number of fused-ring (bicyclic) bond motifs is 1. The molecule has 0 spiro atoms. The first kappa shape index (κ1) is 16.6. The molecule has 1 aliphatic rings. The molecule has 0 fully saturated rings. The van der Waals surface area contributed by atoms with Gasteiger partial charge in [0.15, 0.2) is 11.5 Å². The van der Waals surface area contributed by atoms with Crippen molar-refractivity contribution in [2.24, 2.45) is 5.73 Å². The second-order valence-electron chi connectivity index (χ2n) is 5.99. The number of nitrogens with two attached hydrogens (primary N) is 1. The number of anilines is 4. The molecule has 2 aromatic carbocycles. The van der Waals surface area contributed by atoms with Gasteiger partial charge in [0, 0.05) is 34.8 Å². The van der Waals surface area contributed by atoms with E-state index in [0.717, 1.165) is 11.3 Å². The molecule has 0 aliphatic carbocycles. The number of primary amides is 1. The fourth-order valence-corrected chi connectivity index (χ4v) is 2.62. The highest BCUT2D eigenvalue weighted by Crippen LogP contribution is 2.35. The number of amides is 1. The third-order valence-electron chi connectivity index (χ3n) is 4.01. The Labute approximate surface area is 155 Å². The molecule has 0 unspecified atom stereocenters. The summed E-state index contributed by atoms with van der Waals surface area (Å²) >= 11 is 0. The van der Waals surface area contributed by atoms with E-state index in [1.807, 2.05) is 31.2 Å². The van der Waals surface area contributed by atoms with Crippen LogP contribution in [0.2, 0.25) is 0 Å². The van der Waals surface area contributed by atoms with Gasteiger partial charge >= 0.3 is 0 Å². The molecule has 8 heteroatoms. The number of nitrogens with zero attached hydrogens (tertiary/aromatic N) is 2. The van der Waals surface area contributed by atoms with E-state index in [-0.39, 0.29) is 6.79 Å². The summed E-state index contributed by atoms with van der Waals surface area (Å²) in [7, 11) is 0. The zero-order valence-electron chi connectivity index (χ0n) is 14.5. The number of aromatic nitrogens is 2. The minimum absolute atomic E-state index is 0.220. The van der Waals surface area contributed by atoms with Crippen LogP contribution < -0.4 is 25.8 Å². The van der Waals surface area contributed by atoms with Gasteiger partial charge in [0.05, 0.1) is 0 Å². The van der Waals surface area contributed by atoms with Crippen LogP contribution in [0, 0.1) is 6.92 Å². The minimum Gasteiger partial charge on any atom is -0.454 e. The maximum absolute atomic E-state index is 11.4. The number of carbonyl (C=O) groups excluding carboxylic acids is 1. The molecule has 1 aromatic heterocycles. The van der Waals surface area contributed by atoms with Crippen LogP contribution in [-0.2, 0) is 0 Å². The molecule has 0 saturated heterocycles. The molecule has 1 amide bonds. The molecule has 0 bridgehead atoms. The van der Waals surface area contributed by atoms with Gasteiger partial charge in [-0.05, 0) is 37.3 Å². The molecule has 27 heavy (non-hydrogen) atoms. The standard InChI is InChI=1S/C19H17N5O3/c1-11-9-21-19(23-14-5-6-15-16(8-14)27-10-26-15)24-18(11)22-13-4-2-3-12(7-13)17(20)25/h2-9H,10H2,1H3,(H2,20,25)(H2,21,22,23,24). The smallest absolute Gasteiger partial charge is 0.248 e. The van der Waals surface area contributed by atoms with Gasteiger partial charge in [-0.2, -0.15) is 4.98 Å². The van der Waals surface area contributed by atoms with Gasteiger partial charge in [0.1, 0.15) is 5.82 Å². The molecule has 0 saturated carbocycles. The van der Waals surface area contributed by atoms with Crippen molar-refractivity contribution >= 4 is 29.0 Å². The molecule has 136 valence electrons. The van der Waals surface area contributed by atoms with Crippen molar-refractivity contribution in [2.75, 3.05) is 17.4 Å². The number of aryl methyl sites for hydroxylation is 1. The number of carbonyl (C=O) groups is 1. The van der Waals surface area contributed by atoms with Crippen LogP contribution in [-0.4, -0.2) is 22.7 Å². The Bertz CT molecular complexity index is 1020. The van der Waals surface area contributed by atoms with Crippen LogP contribution in [0.4, 0.5) is 23.1 Å². The zero-order chi connectivity index (χ0) is 18.8. The fraction of sp³-hybridized carbons (Fsp3) is 0.105. The first-order chi connectivity index (χ1) is 13.1. The lowest BCUT2D eigenvalue weighted by atomic mass is 10.2. The Balaban J connectivity index is 1.56. The van der Waals surface area contributed by atoms with E-state index in [2.05, 4.69) is 20.6 Å². The van der Waals surface area contributed by atoms with E-state index >= 15 is 0 Å². The lowest BCUT2D eigenvalue weighted by molar-refractivity contribution is 0.100. The van der Waals surface area contributed by atoms with Crippen LogP contribution in [0.1, 0.15) is 15.9 Å². The van der Waals surface area contributed by atoms with Gasteiger partial charge in [0.2, 0.25) is 18.6 Å². The summed E-state index contributed by atoms with van der Waals surface area (Å²) in [5.74, 6) is 1.95. The number of rotatable bonds is 5. The number of hydrogen-bond donors (Lipinski definition) is 3. The third-order valence-corrected chi connectivity index (χ3v) is 4.01. The number of hydrogen-bond acceptors (Lipinski definition) is 7. The predicted octanol–water partition coefficient (Wildman–Crippen LogP) is 3.10. The zero-order valence-corrected chi connectivity index (χ0v) is 14.5. The second kappa shape index (κ2) is 6.83. The highest BCUT2D eigenvalue weighted by molar-refractivity contribution is 5.93. The molecule has 2 heterocycles. The van der Waals surface area contributed by atoms with Crippen molar-refractivity contribution in [1.29, 1.82) is 0 Å². The number of ether oxygens (including phenoxy) is 2. The van der Waals surface area contributed by atoms with E-state index in [4.69, 9.17) is 15.2 Å². The molecule has 4 N–H and O–H groups in total. The van der Waals surface area contributed by atoms with Gasteiger partial charge < -0.3 is 25.8 Å². The van der Waals surface area contributed by atoms with Crippen LogP contribution in [0.5, 0.6) is 11.5 Å². The average molecular weight is 363 g/mol. The van der Waals surface area contributed by atoms with Gasteiger partial charge in [0.25, 0.3) is 0 Å².